The topological polar surface area (TPSA) is 48.8 Å². The van der Waals surface area contributed by atoms with Gasteiger partial charge in [-0.1, -0.05) is 149 Å². The largest absolute Gasteiger partial charge is 0.452 e. The number of aromatic nitrogens is 4. The monoisotopic (exact) mass is 836 g/mol. The Morgan fingerprint density at radius 1 is 0.462 bits per heavy atom. The Balaban J connectivity index is 1.21. The molecule has 1 aliphatic rings. The van der Waals surface area contributed by atoms with Crippen LogP contribution >= 0.6 is 0 Å². The number of rotatable bonds is 3. The highest BCUT2D eigenvalue weighted by Gasteiger charge is 2.38. The minimum absolute atomic E-state index is 0.0590. The summed E-state index contributed by atoms with van der Waals surface area (Å²) < 4.78 is 11.6. The number of fused-ring (bicyclic) bond motifs is 16. The summed E-state index contributed by atoms with van der Waals surface area (Å²) in [5.74, 6) is 0.605. The van der Waals surface area contributed by atoms with Gasteiger partial charge in [0, 0.05) is 43.6 Å². The van der Waals surface area contributed by atoms with E-state index >= 15 is 0 Å². The first-order valence-electron chi connectivity index (χ1n) is 22.9. The molecule has 0 spiro atoms. The zero-order chi connectivity index (χ0) is 43.3. The van der Waals surface area contributed by atoms with Crippen LogP contribution in [-0.2, 0) is 10.8 Å². The zero-order valence-electron chi connectivity index (χ0n) is 36.8. The van der Waals surface area contributed by atoms with Crippen molar-refractivity contribution >= 4 is 98.0 Å². The molecule has 0 bridgehead atoms. The van der Waals surface area contributed by atoms with Gasteiger partial charge in [0.15, 0.2) is 5.58 Å². The van der Waals surface area contributed by atoms with E-state index in [0.29, 0.717) is 11.5 Å². The third-order valence-corrected chi connectivity index (χ3v) is 15.0. The Labute approximate surface area is 375 Å². The van der Waals surface area contributed by atoms with Gasteiger partial charge in [-0.25, -0.2) is 9.97 Å². The molecule has 9 aromatic carbocycles. The maximum atomic E-state index is 6.75. The van der Waals surface area contributed by atoms with Crippen molar-refractivity contribution in [2.75, 3.05) is 0 Å². The Hall–Kier alpha value is -7.76. The van der Waals surface area contributed by atoms with Gasteiger partial charge in [0.05, 0.1) is 22.1 Å². The van der Waals surface area contributed by atoms with Crippen LogP contribution in [0.15, 0.2) is 174 Å². The Morgan fingerprint density at radius 3 is 1.83 bits per heavy atom. The molecule has 5 heteroatoms. The van der Waals surface area contributed by atoms with Crippen LogP contribution in [0.3, 0.4) is 0 Å². The van der Waals surface area contributed by atoms with Crippen molar-refractivity contribution < 1.29 is 4.42 Å². The van der Waals surface area contributed by atoms with Crippen LogP contribution in [0.5, 0.6) is 0 Å². The van der Waals surface area contributed by atoms with Crippen molar-refractivity contribution in [2.24, 2.45) is 0 Å². The van der Waals surface area contributed by atoms with Crippen LogP contribution in [0, 0.1) is 0 Å². The molecule has 4 aromatic heterocycles. The van der Waals surface area contributed by atoms with Crippen molar-refractivity contribution in [2.45, 2.75) is 51.4 Å². The molecule has 1 aliphatic carbocycles. The summed E-state index contributed by atoms with van der Waals surface area (Å²) in [7, 11) is 0. The molecule has 0 amide bonds. The maximum absolute atomic E-state index is 6.75. The second-order valence-corrected chi connectivity index (χ2v) is 19.6. The highest BCUT2D eigenvalue weighted by atomic mass is 16.3. The van der Waals surface area contributed by atoms with Crippen molar-refractivity contribution in [1.29, 1.82) is 0 Å². The fourth-order valence-corrected chi connectivity index (χ4v) is 11.6. The van der Waals surface area contributed by atoms with Crippen LogP contribution in [0.1, 0.15) is 51.7 Å². The lowest BCUT2D eigenvalue weighted by atomic mass is 9.63. The fourth-order valence-electron chi connectivity index (χ4n) is 11.6. The van der Waals surface area contributed by atoms with Crippen molar-refractivity contribution in [3.63, 3.8) is 0 Å². The predicted molar refractivity (Wildman–Crippen MR) is 271 cm³/mol. The van der Waals surface area contributed by atoms with Gasteiger partial charge >= 0.3 is 0 Å². The number of benzene rings is 9. The maximum Gasteiger partial charge on any atom is 0.236 e. The van der Waals surface area contributed by atoms with E-state index in [-0.39, 0.29) is 10.8 Å². The van der Waals surface area contributed by atoms with Crippen molar-refractivity contribution in [1.82, 2.24) is 19.1 Å². The molecular formula is C60H44N4O. The van der Waals surface area contributed by atoms with Gasteiger partial charge in [0.1, 0.15) is 16.8 Å². The Bertz CT molecular complexity index is 4180. The molecule has 0 saturated carbocycles. The summed E-state index contributed by atoms with van der Waals surface area (Å²) in [6.07, 6.45) is 2.31. The van der Waals surface area contributed by atoms with Crippen LogP contribution < -0.4 is 0 Å². The summed E-state index contributed by atoms with van der Waals surface area (Å²) in [5.41, 5.74) is 12.7. The highest BCUT2D eigenvalue weighted by Crippen LogP contribution is 2.50. The van der Waals surface area contributed by atoms with Gasteiger partial charge in [-0.3, -0.25) is 4.57 Å². The van der Waals surface area contributed by atoms with Crippen molar-refractivity contribution in [3.8, 4) is 22.9 Å². The van der Waals surface area contributed by atoms with E-state index in [0.717, 1.165) is 79.0 Å². The first-order valence-corrected chi connectivity index (χ1v) is 22.9. The van der Waals surface area contributed by atoms with Gasteiger partial charge in [0.25, 0.3) is 0 Å². The van der Waals surface area contributed by atoms with E-state index in [9.17, 15) is 0 Å². The standard InChI is InChI=1S/C60H44N4O/c1-59(2)29-30-60(3,4)48-33-49-45(32-47(48)59)44-31-46-51(34-50(44)63(49)36-19-6-5-7-20-36)64(56-42-25-13-11-23-39(42)38-22-10-12-24-40(38)53(46)56)58-61-54(41-27-16-18-35-17-8-9-21-37(35)41)57-55(62-58)43-26-14-15-28-52(43)65-57/h5-28,31-34H,29-30H2,1-4H3. The van der Waals surface area contributed by atoms with Crippen LogP contribution in [0.25, 0.3) is 121 Å². The molecular weight excluding hydrogens is 793 g/mol. The zero-order valence-corrected chi connectivity index (χ0v) is 36.8. The average molecular weight is 837 g/mol. The first-order chi connectivity index (χ1) is 31.7. The summed E-state index contributed by atoms with van der Waals surface area (Å²) in [6.45, 7) is 9.71. The normalized spacial score (nSPS) is 14.9. The minimum Gasteiger partial charge on any atom is -0.452 e. The summed E-state index contributed by atoms with van der Waals surface area (Å²) in [5, 5.41) is 12.9. The quantitative estimate of drug-likeness (QED) is 0.167. The molecule has 0 fully saturated rings. The number of para-hydroxylation sites is 2. The average Bonchev–Trinajstić information content (AvgIpc) is 3.99. The molecule has 310 valence electrons. The van der Waals surface area contributed by atoms with E-state index in [1.54, 1.807) is 0 Å². The van der Waals surface area contributed by atoms with Crippen LogP contribution in [0.4, 0.5) is 0 Å². The van der Waals surface area contributed by atoms with E-state index in [1.165, 1.54) is 54.3 Å². The lowest BCUT2D eigenvalue weighted by Crippen LogP contribution is -2.33. The molecule has 4 heterocycles. The molecule has 0 radical (unpaired) electrons. The van der Waals surface area contributed by atoms with Gasteiger partial charge in [-0.05, 0) is 110 Å². The van der Waals surface area contributed by atoms with Gasteiger partial charge in [0.2, 0.25) is 5.95 Å². The fraction of sp³-hybridized carbons (Fsp3) is 0.133. The molecule has 0 unspecified atom stereocenters. The Morgan fingerprint density at radius 2 is 1.05 bits per heavy atom. The first kappa shape index (κ1) is 36.7. The van der Waals surface area contributed by atoms with Gasteiger partial charge in [-0.2, -0.15) is 0 Å². The highest BCUT2D eigenvalue weighted by molar-refractivity contribution is 6.33. The summed E-state index contributed by atoms with van der Waals surface area (Å²) in [6, 6.07) is 61.8. The van der Waals surface area contributed by atoms with E-state index in [1.807, 2.05) is 12.1 Å². The summed E-state index contributed by atoms with van der Waals surface area (Å²) in [4.78, 5) is 11.3. The summed E-state index contributed by atoms with van der Waals surface area (Å²) >= 11 is 0. The van der Waals surface area contributed by atoms with Gasteiger partial charge in [-0.15, -0.1) is 0 Å². The second kappa shape index (κ2) is 12.9. The number of furan rings is 1. The van der Waals surface area contributed by atoms with E-state index < -0.39 is 0 Å². The third-order valence-electron chi connectivity index (χ3n) is 15.0. The third kappa shape index (κ3) is 5.04. The molecule has 5 nitrogen and oxygen atoms in total. The molecule has 0 N–H and O–H groups in total. The smallest absolute Gasteiger partial charge is 0.236 e. The molecule has 14 rings (SSSR count). The lowest BCUT2D eigenvalue weighted by Gasteiger charge is -2.42. The minimum atomic E-state index is 0.0590. The molecule has 0 atom stereocenters. The van der Waals surface area contributed by atoms with Crippen LogP contribution in [-0.4, -0.2) is 19.1 Å². The number of hydrogen-bond donors (Lipinski definition) is 0. The lowest BCUT2D eigenvalue weighted by molar-refractivity contribution is 0.332. The predicted octanol–water partition coefficient (Wildman–Crippen LogP) is 16.0. The molecule has 65 heavy (non-hydrogen) atoms. The Kier molecular flexibility index (Phi) is 7.30. The SMILES string of the molecule is CC1(C)CCC(C)(C)c2cc3c(cc21)c1cc2c4c5ccccc5c5ccccc5c4n(-c4nc(-c5cccc6ccccc56)c5oc6ccccc6c5n4)c2cc1n3-c1ccccc1. The van der Waals surface area contributed by atoms with Crippen LogP contribution in [0.2, 0.25) is 0 Å². The van der Waals surface area contributed by atoms with E-state index in [4.69, 9.17) is 14.4 Å². The number of nitrogens with zero attached hydrogens (tertiary/aromatic N) is 4. The molecule has 0 saturated heterocycles. The number of hydrogen-bond acceptors (Lipinski definition) is 3. The molecule has 0 aliphatic heterocycles. The second-order valence-electron chi connectivity index (χ2n) is 19.6. The molecule has 13 aromatic rings. The van der Waals surface area contributed by atoms with E-state index in [2.05, 4.69) is 195 Å². The van der Waals surface area contributed by atoms with Crippen molar-refractivity contribution in [3.05, 3.63) is 181 Å². The van der Waals surface area contributed by atoms with Gasteiger partial charge < -0.3 is 8.98 Å².